The second kappa shape index (κ2) is 9.30. The molecule has 0 aliphatic rings. The summed E-state index contributed by atoms with van der Waals surface area (Å²) in [6.07, 6.45) is 0. The van der Waals surface area contributed by atoms with E-state index in [2.05, 4.69) is 15.4 Å². The maximum Gasteiger partial charge on any atom is 0.255 e. The number of rotatable bonds is 7. The molecule has 0 saturated heterocycles. The van der Waals surface area contributed by atoms with Crippen molar-refractivity contribution in [2.75, 3.05) is 17.7 Å². The van der Waals surface area contributed by atoms with E-state index < -0.39 is 10.0 Å². The molecule has 8 heteroatoms. The molecule has 1 unspecified atom stereocenters. The van der Waals surface area contributed by atoms with Crippen molar-refractivity contribution >= 4 is 38.9 Å². The lowest BCUT2D eigenvalue weighted by Gasteiger charge is -2.17. The Hall–Kier alpha value is -2.87. The van der Waals surface area contributed by atoms with Crippen LogP contribution in [-0.2, 0) is 10.0 Å². The zero-order chi connectivity index (χ0) is 21.7. The van der Waals surface area contributed by atoms with Crippen molar-refractivity contribution in [1.82, 2.24) is 4.72 Å². The highest BCUT2D eigenvalue weighted by molar-refractivity contribution is 7.89. The molecule has 6 nitrogen and oxygen atoms in total. The number of carbonyl (C=O) groups is 1. The minimum atomic E-state index is -3.55. The van der Waals surface area contributed by atoms with Crippen molar-refractivity contribution in [2.45, 2.75) is 17.9 Å². The van der Waals surface area contributed by atoms with Gasteiger partial charge in [-0.1, -0.05) is 41.9 Å². The van der Waals surface area contributed by atoms with Gasteiger partial charge in [0, 0.05) is 17.3 Å². The smallest absolute Gasteiger partial charge is 0.255 e. The summed E-state index contributed by atoms with van der Waals surface area (Å²) in [6, 6.07) is 21.0. The Bertz CT molecular complexity index is 1130. The summed E-state index contributed by atoms with van der Waals surface area (Å²) in [6.45, 7) is 2.04. The Balaban J connectivity index is 1.69. The fourth-order valence-electron chi connectivity index (χ4n) is 2.87. The number of carbonyl (C=O) groups excluding carboxylic acids is 1. The van der Waals surface area contributed by atoms with Crippen molar-refractivity contribution < 1.29 is 13.2 Å². The van der Waals surface area contributed by atoms with Crippen molar-refractivity contribution in [3.8, 4) is 0 Å². The molecule has 0 bridgehead atoms. The highest BCUT2D eigenvalue weighted by Gasteiger charge is 2.14. The number of amides is 1. The van der Waals surface area contributed by atoms with Gasteiger partial charge >= 0.3 is 0 Å². The molecule has 156 valence electrons. The second-order valence-corrected chi connectivity index (χ2v) is 8.95. The Labute approximate surface area is 181 Å². The van der Waals surface area contributed by atoms with Crippen LogP contribution in [0.1, 0.15) is 28.9 Å². The molecule has 0 spiro atoms. The van der Waals surface area contributed by atoms with Crippen molar-refractivity contribution in [2.24, 2.45) is 0 Å². The summed E-state index contributed by atoms with van der Waals surface area (Å²) < 4.78 is 25.8. The zero-order valence-corrected chi connectivity index (χ0v) is 18.1. The maximum atomic E-state index is 12.5. The van der Waals surface area contributed by atoms with E-state index in [0.717, 1.165) is 11.3 Å². The van der Waals surface area contributed by atoms with Crippen LogP contribution in [0.25, 0.3) is 0 Å². The quantitative estimate of drug-likeness (QED) is 0.495. The third-order valence-electron chi connectivity index (χ3n) is 4.59. The molecule has 0 aliphatic heterocycles. The summed E-state index contributed by atoms with van der Waals surface area (Å²) in [5.74, 6) is -0.363. The number of nitrogens with one attached hydrogen (secondary N) is 3. The predicted octanol–water partition coefficient (Wildman–Crippen LogP) is 4.67. The van der Waals surface area contributed by atoms with Gasteiger partial charge in [0.25, 0.3) is 5.91 Å². The molecule has 3 aromatic carbocycles. The largest absolute Gasteiger partial charge is 0.377 e. The number of benzene rings is 3. The third-order valence-corrected chi connectivity index (χ3v) is 6.34. The molecule has 1 atom stereocenters. The molecule has 3 aromatic rings. The first-order valence-corrected chi connectivity index (χ1v) is 11.1. The topological polar surface area (TPSA) is 87.3 Å². The van der Waals surface area contributed by atoms with Crippen LogP contribution in [0.3, 0.4) is 0 Å². The second-order valence-electron chi connectivity index (χ2n) is 6.66. The molecule has 30 heavy (non-hydrogen) atoms. The van der Waals surface area contributed by atoms with Gasteiger partial charge in [0.1, 0.15) is 0 Å². The third kappa shape index (κ3) is 5.18. The zero-order valence-electron chi connectivity index (χ0n) is 16.5. The van der Waals surface area contributed by atoms with E-state index in [9.17, 15) is 13.2 Å². The van der Waals surface area contributed by atoms with Crippen molar-refractivity contribution in [3.05, 3.63) is 88.9 Å². The van der Waals surface area contributed by atoms with Crippen LogP contribution < -0.4 is 15.4 Å². The van der Waals surface area contributed by atoms with E-state index >= 15 is 0 Å². The summed E-state index contributed by atoms with van der Waals surface area (Å²) in [5.41, 5.74) is 2.76. The van der Waals surface area contributed by atoms with Gasteiger partial charge in [0.05, 0.1) is 15.6 Å². The van der Waals surface area contributed by atoms with Gasteiger partial charge in [-0.2, -0.15) is 0 Å². The average molecular weight is 444 g/mol. The lowest BCUT2D eigenvalue weighted by atomic mass is 10.1. The van der Waals surface area contributed by atoms with Gasteiger partial charge < -0.3 is 10.6 Å². The summed E-state index contributed by atoms with van der Waals surface area (Å²) in [5, 5.41) is 6.60. The molecule has 3 N–H and O–H groups in total. The van der Waals surface area contributed by atoms with Crippen LogP contribution in [0.5, 0.6) is 0 Å². The Morgan fingerprint density at radius 1 is 0.967 bits per heavy atom. The van der Waals surface area contributed by atoms with Gasteiger partial charge in [0.2, 0.25) is 10.0 Å². The highest BCUT2D eigenvalue weighted by Crippen LogP contribution is 2.29. The number of hydrogen-bond acceptors (Lipinski definition) is 4. The van der Waals surface area contributed by atoms with Crippen molar-refractivity contribution in [1.29, 1.82) is 0 Å². The molecule has 0 aromatic heterocycles. The first-order chi connectivity index (χ1) is 14.3. The Morgan fingerprint density at radius 2 is 1.63 bits per heavy atom. The molecule has 0 saturated carbocycles. The van der Waals surface area contributed by atoms with E-state index in [1.54, 1.807) is 18.2 Å². The predicted molar refractivity (Wildman–Crippen MR) is 121 cm³/mol. The van der Waals surface area contributed by atoms with Gasteiger partial charge in [-0.25, -0.2) is 13.1 Å². The summed E-state index contributed by atoms with van der Waals surface area (Å²) >= 11 is 6.39. The molecular formula is C22H22ClN3O3S. The van der Waals surface area contributed by atoms with Gasteiger partial charge in [0.15, 0.2) is 0 Å². The highest BCUT2D eigenvalue weighted by atomic mass is 35.5. The maximum absolute atomic E-state index is 12.5. The molecular weight excluding hydrogens is 422 g/mol. The van der Waals surface area contributed by atoms with Crippen LogP contribution in [0.4, 0.5) is 11.4 Å². The van der Waals surface area contributed by atoms with E-state index in [0.29, 0.717) is 16.3 Å². The monoisotopic (exact) mass is 443 g/mol. The standard InChI is InChI=1S/C22H22ClN3O3S/c1-15(16-6-4-3-5-7-16)25-21-13-10-18(14-20(21)23)26-22(27)17-8-11-19(12-9-17)30(28,29)24-2/h3-15,24-25H,1-2H3,(H,26,27). The number of hydrogen-bond donors (Lipinski definition) is 3. The SMILES string of the molecule is CNS(=O)(=O)c1ccc(C(=O)Nc2ccc(NC(C)c3ccccc3)c(Cl)c2)cc1. The van der Waals surface area contributed by atoms with E-state index in [-0.39, 0.29) is 16.8 Å². The van der Waals surface area contributed by atoms with Crippen LogP contribution in [-0.4, -0.2) is 21.4 Å². The molecule has 1 amide bonds. The lowest BCUT2D eigenvalue weighted by Crippen LogP contribution is -2.19. The van der Waals surface area contributed by atoms with Gasteiger partial charge in [-0.3, -0.25) is 4.79 Å². The fourth-order valence-corrected chi connectivity index (χ4v) is 3.84. The Morgan fingerprint density at radius 3 is 2.23 bits per heavy atom. The average Bonchev–Trinajstić information content (AvgIpc) is 2.76. The minimum absolute atomic E-state index is 0.0662. The van der Waals surface area contributed by atoms with E-state index in [1.807, 2.05) is 37.3 Å². The molecule has 0 fully saturated rings. The fraction of sp³-hybridized carbons (Fsp3) is 0.136. The first kappa shape index (κ1) is 21.8. The van der Waals surface area contributed by atoms with Crippen LogP contribution in [0.15, 0.2) is 77.7 Å². The number of anilines is 2. The molecule has 3 rings (SSSR count). The minimum Gasteiger partial charge on any atom is -0.377 e. The normalized spacial score (nSPS) is 12.2. The van der Waals surface area contributed by atoms with Crippen LogP contribution in [0, 0.1) is 0 Å². The van der Waals surface area contributed by atoms with E-state index in [1.165, 1.54) is 31.3 Å². The Kier molecular flexibility index (Phi) is 6.77. The first-order valence-electron chi connectivity index (χ1n) is 9.26. The molecule has 0 heterocycles. The molecule has 0 aliphatic carbocycles. The van der Waals surface area contributed by atoms with Crippen molar-refractivity contribution in [3.63, 3.8) is 0 Å². The van der Waals surface area contributed by atoms with Gasteiger partial charge in [-0.05, 0) is 62.0 Å². The van der Waals surface area contributed by atoms with E-state index in [4.69, 9.17) is 11.6 Å². The summed E-state index contributed by atoms with van der Waals surface area (Å²) in [7, 11) is -2.21. The van der Waals surface area contributed by atoms with Crippen LogP contribution >= 0.6 is 11.6 Å². The number of sulfonamides is 1. The lowest BCUT2D eigenvalue weighted by molar-refractivity contribution is 0.102. The molecule has 0 radical (unpaired) electrons. The summed E-state index contributed by atoms with van der Waals surface area (Å²) in [4.78, 5) is 12.6. The number of halogens is 1. The van der Waals surface area contributed by atoms with Crippen LogP contribution in [0.2, 0.25) is 5.02 Å². The van der Waals surface area contributed by atoms with Gasteiger partial charge in [-0.15, -0.1) is 0 Å².